The lowest BCUT2D eigenvalue weighted by Crippen LogP contribution is -2.08. The number of carbonyl (C=O) groups is 3. The number of rotatable bonds is 9. The SMILES string of the molecule is CC(=O)Nc1cc(F)c([N+](=O)[O-])cc1C.CC(=O)Nc1cc(F)ccc1C.CC(=O)Nc1cc2c(/C=C/c3cccc(F)c3)n[nH]c2cc1F.Cc1cc([N+](=O)[O-])c(F)cc1N.Cn1nc(Br)c2cc([N+](=O)[O-])c(F)cc21.O=[N+]([O-])c1cc2cn[nH]c2cc1F. The number of H-pyrrole nitrogens is 2. The van der Waals surface area contributed by atoms with Crippen molar-refractivity contribution in [3.63, 3.8) is 0 Å². The summed E-state index contributed by atoms with van der Waals surface area (Å²) in [5.74, 6) is -5.70. The van der Waals surface area contributed by atoms with Crippen molar-refractivity contribution in [2.24, 2.45) is 7.05 Å². The van der Waals surface area contributed by atoms with Crippen LogP contribution in [0, 0.1) is 102 Å². The fourth-order valence-corrected chi connectivity index (χ4v) is 8.14. The number of aromatic amines is 2. The third-order valence-electron chi connectivity index (χ3n) is 11.9. The molecule has 3 heterocycles. The van der Waals surface area contributed by atoms with Gasteiger partial charge in [0.15, 0.2) is 0 Å². The monoisotopic (exact) mass is 1320 g/mol. The molecule has 0 aliphatic carbocycles. The maximum Gasteiger partial charge on any atom is 0.305 e. The number of hydrogen-bond donors (Lipinski definition) is 6. The van der Waals surface area contributed by atoms with E-state index in [0.717, 1.165) is 48.0 Å². The average molecular weight is 1320 g/mol. The number of halogens is 8. The summed E-state index contributed by atoms with van der Waals surface area (Å²) < 4.78 is 93.7. The Morgan fingerprint density at radius 1 is 0.556 bits per heavy atom. The zero-order valence-electron chi connectivity index (χ0n) is 47.7. The van der Waals surface area contributed by atoms with Crippen molar-refractivity contribution in [1.29, 1.82) is 0 Å². The lowest BCUT2D eigenvalue weighted by Gasteiger charge is -2.06. The van der Waals surface area contributed by atoms with Gasteiger partial charge in [-0.05, 0) is 95.4 Å². The molecule has 90 heavy (non-hydrogen) atoms. The smallest absolute Gasteiger partial charge is 0.305 e. The van der Waals surface area contributed by atoms with E-state index in [-0.39, 0.29) is 46.4 Å². The number of benzene rings is 7. The van der Waals surface area contributed by atoms with Crippen LogP contribution in [0.4, 0.5) is 76.2 Å². The molecule has 0 saturated carbocycles. The Bertz CT molecular complexity index is 4450. The fraction of sp³-hybridized carbons (Fsp3) is 0.123. The van der Waals surface area contributed by atoms with Gasteiger partial charge in [-0.1, -0.05) is 24.3 Å². The Hall–Kier alpha value is -11.5. The number of nitrogen functional groups attached to an aromatic ring is 1. The van der Waals surface area contributed by atoms with Gasteiger partial charge in [0.1, 0.15) is 22.1 Å². The molecule has 3 amide bonds. The van der Waals surface area contributed by atoms with Crippen molar-refractivity contribution in [3.05, 3.63) is 223 Å². The van der Waals surface area contributed by atoms with Crippen molar-refractivity contribution in [3.8, 4) is 0 Å². The van der Waals surface area contributed by atoms with Crippen LogP contribution in [0.15, 0.2) is 114 Å². The molecule has 0 aliphatic heterocycles. The van der Waals surface area contributed by atoms with Crippen molar-refractivity contribution in [1.82, 2.24) is 30.2 Å². The standard InChI is InChI=1S/C17H13F2N3O.C9H9FN2O3.C9H10FNO.C8H5BrFN3O2.C7H4FN3O2.C7H7FN2O2/c1-10(23)20-17-8-13-15(21-22-16(13)9-14(17)19)6-5-11-3-2-4-12(18)7-11;1-5-3-9(12(14)15)7(10)4-8(5)11-6(2)13;1-6-3-4-8(10)5-9(6)11-7(2)12;1-12-6-3-5(10)7(13(14)15)2-4(6)8(9)11-12;8-5-2-6-4(3-9-10-6)1-7(5)11(12)13;1-4-2-7(10(11)12)5(8)3-6(4)9/h2-9H,1H3,(H,20,23)(H,21,22);3-4H,1-2H3,(H,11,13);3-5H,1-2H3,(H,11,12);2-3H,1H3;1-3H,(H,9,10);2-3H,9H2,1H3/b6-5+;;;;;. The van der Waals surface area contributed by atoms with Gasteiger partial charge >= 0.3 is 22.7 Å². The number of nitrogens with two attached hydrogens (primary N) is 1. The fourth-order valence-electron chi connectivity index (χ4n) is 7.58. The maximum absolute atomic E-state index is 13.9. The average Bonchev–Trinajstić information content (AvgIpc) is 1.67. The lowest BCUT2D eigenvalue weighted by atomic mass is 10.1. The van der Waals surface area contributed by atoms with Gasteiger partial charge in [-0.3, -0.25) is 69.7 Å². The van der Waals surface area contributed by atoms with E-state index in [1.807, 2.05) is 6.92 Å². The van der Waals surface area contributed by atoms with Crippen molar-refractivity contribution in [2.75, 3.05) is 21.7 Å². The summed E-state index contributed by atoms with van der Waals surface area (Å²) >= 11 is 3.15. The second-order valence-electron chi connectivity index (χ2n) is 18.7. The van der Waals surface area contributed by atoms with Gasteiger partial charge in [0.2, 0.25) is 41.0 Å². The number of aromatic nitrogens is 6. The minimum atomic E-state index is -0.964. The number of aryl methyl sites for hydroxylation is 4. The molecule has 468 valence electrons. The first-order valence-corrected chi connectivity index (χ1v) is 26.1. The first kappa shape index (κ1) is 69.3. The minimum Gasteiger partial charge on any atom is -0.398 e. The van der Waals surface area contributed by atoms with Gasteiger partial charge < -0.3 is 21.7 Å². The molecule has 0 unspecified atom stereocenters. The third-order valence-corrected chi connectivity index (χ3v) is 12.5. The molecule has 10 aromatic rings. The van der Waals surface area contributed by atoms with Crippen LogP contribution >= 0.6 is 15.9 Å². The highest BCUT2D eigenvalue weighted by molar-refractivity contribution is 9.10. The van der Waals surface area contributed by atoms with Crippen LogP contribution in [-0.4, -0.2) is 67.6 Å². The van der Waals surface area contributed by atoms with Gasteiger partial charge in [-0.15, -0.1) is 0 Å². The summed E-state index contributed by atoms with van der Waals surface area (Å²) in [4.78, 5) is 70.8. The van der Waals surface area contributed by atoms with E-state index >= 15 is 0 Å². The summed E-state index contributed by atoms with van der Waals surface area (Å²) in [6.07, 6.45) is 4.81. The molecule has 33 heteroatoms. The van der Waals surface area contributed by atoms with Gasteiger partial charge in [0.05, 0.1) is 53.8 Å². The van der Waals surface area contributed by atoms with Crippen LogP contribution in [-0.2, 0) is 21.4 Å². The molecule has 0 fully saturated rings. The lowest BCUT2D eigenvalue weighted by molar-refractivity contribution is -0.387. The predicted molar refractivity (Wildman–Crippen MR) is 323 cm³/mol. The Morgan fingerprint density at radius 2 is 1.07 bits per heavy atom. The molecule has 0 bridgehead atoms. The number of hydrogen-bond acceptors (Lipinski definition) is 15. The van der Waals surface area contributed by atoms with Crippen LogP contribution in [0.1, 0.15) is 48.7 Å². The number of nitro benzene ring substituents is 4. The molecule has 7 N–H and O–H groups in total. The van der Waals surface area contributed by atoms with Gasteiger partial charge in [0, 0.05) is 116 Å². The number of amides is 3. The van der Waals surface area contributed by atoms with Crippen LogP contribution in [0.25, 0.3) is 44.9 Å². The van der Waals surface area contributed by atoms with E-state index in [1.54, 1.807) is 51.2 Å². The summed E-state index contributed by atoms with van der Waals surface area (Å²) in [5, 5.41) is 67.4. The first-order chi connectivity index (χ1) is 42.2. The number of carbonyl (C=O) groups excluding carboxylic acids is 3. The third kappa shape index (κ3) is 19.0. The van der Waals surface area contributed by atoms with Crippen molar-refractivity contribution >= 4 is 124 Å². The molecule has 7 aromatic carbocycles. The van der Waals surface area contributed by atoms with E-state index in [4.69, 9.17) is 5.73 Å². The van der Waals surface area contributed by atoms with Crippen molar-refractivity contribution in [2.45, 2.75) is 41.5 Å². The van der Waals surface area contributed by atoms with E-state index in [9.17, 15) is 85.6 Å². The van der Waals surface area contributed by atoms with Crippen LogP contribution in [0.2, 0.25) is 0 Å². The molecular formula is C57H48BrF7N14O11. The molecule has 10 rings (SSSR count). The van der Waals surface area contributed by atoms with Gasteiger partial charge in [0.25, 0.3) is 0 Å². The Morgan fingerprint density at radius 3 is 1.66 bits per heavy atom. The molecule has 0 saturated heterocycles. The number of anilines is 4. The van der Waals surface area contributed by atoms with Crippen molar-refractivity contribution < 1.29 is 64.8 Å². The van der Waals surface area contributed by atoms with E-state index in [0.29, 0.717) is 65.4 Å². The first-order valence-electron chi connectivity index (χ1n) is 25.3. The maximum atomic E-state index is 13.9. The zero-order chi connectivity index (χ0) is 67.0. The number of nitro groups is 4. The number of nitrogens with one attached hydrogen (secondary N) is 5. The quantitative estimate of drug-likeness (QED) is 0.0338. The van der Waals surface area contributed by atoms with E-state index < -0.39 is 71.5 Å². The largest absolute Gasteiger partial charge is 0.398 e. The number of fused-ring (bicyclic) bond motifs is 3. The van der Waals surface area contributed by atoms with E-state index in [2.05, 4.69) is 57.4 Å². The molecule has 0 atom stereocenters. The second kappa shape index (κ2) is 30.7. The molecule has 0 spiro atoms. The normalized spacial score (nSPS) is 10.4. The molecular weight excluding hydrogens is 1270 g/mol. The predicted octanol–water partition coefficient (Wildman–Crippen LogP) is 13.7. The van der Waals surface area contributed by atoms with Gasteiger partial charge in [-0.25, -0.2) is 13.2 Å². The van der Waals surface area contributed by atoms with Crippen LogP contribution in [0.5, 0.6) is 0 Å². The highest BCUT2D eigenvalue weighted by Gasteiger charge is 2.21. The van der Waals surface area contributed by atoms with E-state index in [1.165, 1.54) is 74.1 Å². The number of nitrogens with zero attached hydrogens (tertiary/aromatic N) is 8. The summed E-state index contributed by atoms with van der Waals surface area (Å²) in [7, 11) is 1.64. The van der Waals surface area contributed by atoms with Crippen LogP contribution in [0.3, 0.4) is 0 Å². The van der Waals surface area contributed by atoms with Gasteiger partial charge in [-0.2, -0.15) is 32.9 Å². The molecule has 0 radical (unpaired) electrons. The molecule has 0 aliphatic rings. The molecule has 25 nitrogen and oxygen atoms in total. The summed E-state index contributed by atoms with van der Waals surface area (Å²) in [6, 6.07) is 21.8. The Balaban J connectivity index is 0.000000200. The second-order valence-corrected chi connectivity index (χ2v) is 19.4. The summed E-state index contributed by atoms with van der Waals surface area (Å²) in [5.41, 5.74) is 8.71. The Kier molecular flexibility index (Phi) is 23.6. The highest BCUT2D eigenvalue weighted by atomic mass is 79.9. The zero-order valence-corrected chi connectivity index (χ0v) is 49.3. The highest BCUT2D eigenvalue weighted by Crippen LogP contribution is 2.31. The Labute approximate surface area is 510 Å². The summed E-state index contributed by atoms with van der Waals surface area (Å²) in [6.45, 7) is 8.93. The molecule has 3 aromatic heterocycles. The minimum absolute atomic E-state index is 0.0896. The topological polar surface area (TPSA) is 361 Å². The van der Waals surface area contributed by atoms with Crippen LogP contribution < -0.4 is 21.7 Å².